The number of nitrogens with zero attached hydrogens (tertiary/aromatic N) is 1. The number of amides is 1. The van der Waals surface area contributed by atoms with Crippen LogP contribution in [0.25, 0.3) is 11.1 Å². The molecule has 8 nitrogen and oxygen atoms in total. The van der Waals surface area contributed by atoms with Crippen LogP contribution in [-0.2, 0) is 45.3 Å². The molecular weight excluding hydrogens is 689 g/mol. The average Bonchev–Trinajstić information content (AvgIpc) is 3.22. The van der Waals surface area contributed by atoms with E-state index in [1.54, 1.807) is 0 Å². The van der Waals surface area contributed by atoms with E-state index in [-0.39, 0.29) is 31.1 Å². The summed E-state index contributed by atoms with van der Waals surface area (Å²) in [6, 6.07) is 45.6. The van der Waals surface area contributed by atoms with Gasteiger partial charge in [0.15, 0.2) is 6.29 Å². The van der Waals surface area contributed by atoms with Gasteiger partial charge in [-0.2, -0.15) is 0 Å². The molecule has 5 aromatic rings. The molecule has 1 aliphatic rings. The minimum Gasteiger partial charge on any atom is -0.481 e. The first-order valence-corrected chi connectivity index (χ1v) is 19.4. The maximum absolute atomic E-state index is 12.5. The minimum absolute atomic E-state index is 0.00144. The number of carbonyl (C=O) groups is 2. The van der Waals surface area contributed by atoms with Crippen molar-refractivity contribution in [3.8, 4) is 11.1 Å². The lowest BCUT2D eigenvalue weighted by molar-refractivity contribution is -0.253. The zero-order chi connectivity index (χ0) is 38.2. The molecule has 8 heteroatoms. The van der Waals surface area contributed by atoms with E-state index in [1.807, 2.05) is 54.6 Å². The van der Waals surface area contributed by atoms with Gasteiger partial charge in [-0.3, -0.25) is 14.5 Å². The van der Waals surface area contributed by atoms with Crippen molar-refractivity contribution in [1.82, 2.24) is 10.2 Å². The molecule has 1 amide bonds. The predicted molar refractivity (Wildman–Crippen MR) is 214 cm³/mol. The summed E-state index contributed by atoms with van der Waals surface area (Å²) in [4.78, 5) is 25.7. The number of hydrogen-bond acceptors (Lipinski definition) is 6. The number of hydrogen-bond donors (Lipinski definition) is 3. The lowest BCUT2D eigenvalue weighted by Gasteiger charge is -2.38. The second kappa shape index (κ2) is 20.5. The van der Waals surface area contributed by atoms with Crippen molar-refractivity contribution in [3.05, 3.63) is 167 Å². The molecule has 0 saturated carbocycles. The molecule has 0 radical (unpaired) electrons. The molecule has 1 saturated heterocycles. The van der Waals surface area contributed by atoms with E-state index in [1.165, 1.54) is 11.1 Å². The standard InChI is InChI=1S/C47H52N2O6/c50-34-37-23-25-39(26-24-37)44-29-43(33-49(31-35-13-5-3-6-14-35)32-36-15-7-4-8-16-36)54-47(55-44)42-20-12-19-41(28-42)40-18-11-17-38(27-40)30-48-45(51)21-9-1-2-10-22-46(52)53/h3-8,11-20,23-28,43-44,47,50H,1-2,9-10,21-22,29-34H2,(H,48,51)(H,52,53). The van der Waals surface area contributed by atoms with E-state index in [9.17, 15) is 14.7 Å². The zero-order valence-electron chi connectivity index (χ0n) is 31.4. The van der Waals surface area contributed by atoms with Crippen LogP contribution in [0.5, 0.6) is 0 Å². The number of carboxylic acids is 1. The minimum atomic E-state index is -0.775. The summed E-state index contributed by atoms with van der Waals surface area (Å²) in [5.74, 6) is -0.777. The van der Waals surface area contributed by atoms with Crippen molar-refractivity contribution in [1.29, 1.82) is 0 Å². The van der Waals surface area contributed by atoms with Gasteiger partial charge in [0.1, 0.15) is 0 Å². The molecule has 0 bridgehead atoms. The van der Waals surface area contributed by atoms with Crippen LogP contribution in [0, 0.1) is 0 Å². The Balaban J connectivity index is 1.16. The van der Waals surface area contributed by atoms with Crippen molar-refractivity contribution >= 4 is 11.9 Å². The summed E-state index contributed by atoms with van der Waals surface area (Å²) < 4.78 is 13.6. The molecule has 3 atom stereocenters. The topological polar surface area (TPSA) is 108 Å². The Labute approximate surface area is 324 Å². The number of carboxylic acid groups (broad SMARTS) is 1. The summed E-state index contributed by atoms with van der Waals surface area (Å²) >= 11 is 0. The summed E-state index contributed by atoms with van der Waals surface area (Å²) in [5, 5.41) is 21.5. The number of carbonyl (C=O) groups excluding carboxylic acids is 1. The molecule has 0 aliphatic carbocycles. The number of benzene rings is 5. The van der Waals surface area contributed by atoms with Gasteiger partial charge in [0.25, 0.3) is 0 Å². The molecule has 0 spiro atoms. The van der Waals surface area contributed by atoms with E-state index in [0.29, 0.717) is 32.4 Å². The van der Waals surface area contributed by atoms with Crippen LogP contribution in [0.2, 0.25) is 0 Å². The fourth-order valence-corrected chi connectivity index (χ4v) is 7.12. The highest BCUT2D eigenvalue weighted by Crippen LogP contribution is 2.39. The van der Waals surface area contributed by atoms with Crippen molar-refractivity contribution in [2.24, 2.45) is 0 Å². The zero-order valence-corrected chi connectivity index (χ0v) is 31.4. The Bertz CT molecular complexity index is 1890. The Hall–Kier alpha value is -5.12. The molecule has 0 aromatic heterocycles. The second-order valence-electron chi connectivity index (χ2n) is 14.4. The fourth-order valence-electron chi connectivity index (χ4n) is 7.12. The molecule has 3 unspecified atom stereocenters. The summed E-state index contributed by atoms with van der Waals surface area (Å²) in [6.45, 7) is 2.72. The van der Waals surface area contributed by atoms with Gasteiger partial charge >= 0.3 is 5.97 Å². The summed E-state index contributed by atoms with van der Waals surface area (Å²) in [5.41, 5.74) is 8.41. The normalized spacial score (nSPS) is 16.9. The number of rotatable bonds is 19. The van der Waals surface area contributed by atoms with Crippen molar-refractivity contribution in [3.63, 3.8) is 0 Å². The molecule has 286 valence electrons. The summed E-state index contributed by atoms with van der Waals surface area (Å²) in [6.07, 6.45) is 3.44. The predicted octanol–water partition coefficient (Wildman–Crippen LogP) is 9.14. The lowest BCUT2D eigenvalue weighted by atomic mass is 9.98. The van der Waals surface area contributed by atoms with Crippen LogP contribution < -0.4 is 5.32 Å². The van der Waals surface area contributed by atoms with Crippen LogP contribution in [-0.4, -0.2) is 39.6 Å². The molecule has 1 fully saturated rings. The first kappa shape index (κ1) is 39.6. The molecular formula is C47H52N2O6. The number of aliphatic carboxylic acids is 1. The highest BCUT2D eigenvalue weighted by molar-refractivity contribution is 5.76. The molecule has 5 aromatic carbocycles. The van der Waals surface area contributed by atoms with Crippen molar-refractivity contribution in [2.45, 2.75) is 89.7 Å². The highest BCUT2D eigenvalue weighted by Gasteiger charge is 2.33. The van der Waals surface area contributed by atoms with Gasteiger partial charge < -0.3 is 25.0 Å². The number of aliphatic hydroxyl groups is 1. The van der Waals surface area contributed by atoms with Crippen LogP contribution in [0.4, 0.5) is 0 Å². The number of aliphatic hydroxyl groups excluding tert-OH is 1. The number of unbranched alkanes of at least 4 members (excludes halogenated alkanes) is 3. The van der Waals surface area contributed by atoms with Crippen LogP contribution in [0.15, 0.2) is 133 Å². The Morgan fingerprint density at radius 3 is 1.91 bits per heavy atom. The maximum Gasteiger partial charge on any atom is 0.303 e. The molecule has 1 heterocycles. The van der Waals surface area contributed by atoms with E-state index >= 15 is 0 Å². The number of ether oxygens (including phenoxy) is 2. The van der Waals surface area contributed by atoms with Gasteiger partial charge in [0.05, 0.1) is 18.8 Å². The maximum atomic E-state index is 12.5. The largest absolute Gasteiger partial charge is 0.481 e. The molecule has 1 aliphatic heterocycles. The van der Waals surface area contributed by atoms with Crippen molar-refractivity contribution in [2.75, 3.05) is 6.54 Å². The third kappa shape index (κ3) is 12.5. The third-order valence-electron chi connectivity index (χ3n) is 10.0. The van der Waals surface area contributed by atoms with E-state index < -0.39 is 12.3 Å². The first-order chi connectivity index (χ1) is 26.9. The quantitative estimate of drug-likeness (QED) is 0.0725. The fraction of sp³-hybridized carbons (Fsp3) is 0.319. The van der Waals surface area contributed by atoms with E-state index in [0.717, 1.165) is 65.7 Å². The summed E-state index contributed by atoms with van der Waals surface area (Å²) in [7, 11) is 0. The molecule has 6 rings (SSSR count). The molecule has 3 N–H and O–H groups in total. The highest BCUT2D eigenvalue weighted by atomic mass is 16.7. The van der Waals surface area contributed by atoms with E-state index in [4.69, 9.17) is 14.6 Å². The smallest absolute Gasteiger partial charge is 0.303 e. The second-order valence-corrected chi connectivity index (χ2v) is 14.4. The lowest BCUT2D eigenvalue weighted by Crippen LogP contribution is -2.39. The number of nitrogens with one attached hydrogen (secondary N) is 1. The van der Waals surface area contributed by atoms with Crippen molar-refractivity contribution < 1.29 is 29.3 Å². The van der Waals surface area contributed by atoms with Gasteiger partial charge in [-0.25, -0.2) is 0 Å². The third-order valence-corrected chi connectivity index (χ3v) is 10.0. The van der Waals surface area contributed by atoms with Crippen LogP contribution in [0.1, 0.15) is 90.7 Å². The van der Waals surface area contributed by atoms with Gasteiger partial charge in [-0.15, -0.1) is 0 Å². The Kier molecular flexibility index (Phi) is 14.8. The van der Waals surface area contributed by atoms with E-state index in [2.05, 4.69) is 89.1 Å². The van der Waals surface area contributed by atoms with Crippen LogP contribution in [0.3, 0.4) is 0 Å². The Morgan fingerprint density at radius 2 is 1.25 bits per heavy atom. The van der Waals surface area contributed by atoms with Gasteiger partial charge in [0, 0.05) is 51.0 Å². The monoisotopic (exact) mass is 740 g/mol. The molecule has 55 heavy (non-hydrogen) atoms. The Morgan fingerprint density at radius 1 is 0.636 bits per heavy atom. The first-order valence-electron chi connectivity index (χ1n) is 19.4. The SMILES string of the molecule is O=C(O)CCCCCCC(=O)NCc1cccc(-c2cccc(C3OC(CN(Cc4ccccc4)Cc4ccccc4)CC(c4ccc(CO)cc4)O3)c2)c1. The van der Waals surface area contributed by atoms with Gasteiger partial charge in [-0.05, 0) is 63.9 Å². The van der Waals surface area contributed by atoms with Gasteiger partial charge in [-0.1, -0.05) is 134 Å². The van der Waals surface area contributed by atoms with Gasteiger partial charge in [0.2, 0.25) is 5.91 Å². The van der Waals surface area contributed by atoms with Crippen LogP contribution >= 0.6 is 0 Å². The average molecular weight is 741 g/mol.